The topological polar surface area (TPSA) is 67.2 Å². The predicted molar refractivity (Wildman–Crippen MR) is 78.7 cm³/mol. The van der Waals surface area contributed by atoms with Crippen molar-refractivity contribution in [2.24, 2.45) is 7.05 Å². The van der Waals surface area contributed by atoms with Crippen LogP contribution in [-0.4, -0.2) is 46.1 Å². The molecule has 2 heterocycles. The highest BCUT2D eigenvalue weighted by molar-refractivity contribution is 14.1. The van der Waals surface area contributed by atoms with Crippen molar-refractivity contribution in [2.75, 3.05) is 19.6 Å². The summed E-state index contributed by atoms with van der Waals surface area (Å²) in [4.78, 5) is 25.2. The van der Waals surface area contributed by atoms with Crippen molar-refractivity contribution >= 4 is 34.4 Å². The van der Waals surface area contributed by atoms with Crippen LogP contribution in [0.4, 0.5) is 0 Å². The van der Waals surface area contributed by atoms with Gasteiger partial charge in [-0.2, -0.15) is 5.10 Å². The molecule has 6 nitrogen and oxygen atoms in total. The summed E-state index contributed by atoms with van der Waals surface area (Å²) >= 11 is 2.09. The molecule has 19 heavy (non-hydrogen) atoms. The van der Waals surface area contributed by atoms with Crippen LogP contribution in [0.15, 0.2) is 6.20 Å². The van der Waals surface area contributed by atoms with Gasteiger partial charge in [-0.15, -0.1) is 0 Å². The molecule has 0 saturated carbocycles. The summed E-state index contributed by atoms with van der Waals surface area (Å²) in [5.74, 6) is 0.115. The number of aryl methyl sites for hydroxylation is 1. The van der Waals surface area contributed by atoms with Crippen molar-refractivity contribution in [3.05, 3.63) is 15.5 Å². The van der Waals surface area contributed by atoms with Gasteiger partial charge in [0.1, 0.15) is 5.69 Å². The highest BCUT2D eigenvalue weighted by Gasteiger charge is 2.19. The first-order chi connectivity index (χ1) is 9.09. The molecule has 0 bridgehead atoms. The molecule has 7 heteroatoms. The molecule has 2 amide bonds. The van der Waals surface area contributed by atoms with Gasteiger partial charge in [0.25, 0.3) is 5.91 Å². The maximum atomic E-state index is 12.0. The molecule has 0 unspecified atom stereocenters. The number of aromatic nitrogens is 2. The third-order valence-corrected chi connectivity index (χ3v) is 3.96. The van der Waals surface area contributed by atoms with Gasteiger partial charge in [-0.3, -0.25) is 14.3 Å². The summed E-state index contributed by atoms with van der Waals surface area (Å²) in [7, 11) is 1.75. The first kappa shape index (κ1) is 14.3. The first-order valence-corrected chi connectivity index (χ1v) is 7.41. The van der Waals surface area contributed by atoms with Crippen LogP contribution in [0.25, 0.3) is 0 Å². The van der Waals surface area contributed by atoms with Crippen molar-refractivity contribution in [1.82, 2.24) is 20.0 Å². The number of carbonyl (C=O) groups excluding carboxylic acids is 2. The Labute approximate surface area is 125 Å². The second-order valence-electron chi connectivity index (χ2n) is 4.56. The van der Waals surface area contributed by atoms with Gasteiger partial charge < -0.3 is 10.2 Å². The van der Waals surface area contributed by atoms with Crippen LogP contribution in [0.5, 0.6) is 0 Å². The molecule has 1 aromatic rings. The Morgan fingerprint density at radius 2 is 2.37 bits per heavy atom. The third-order valence-electron chi connectivity index (χ3n) is 3.17. The standard InChI is InChI=1S/C12H17IN4O2/c1-16-11(9(13)8-15-16)12(19)14-5-3-7-17-6-2-4-10(17)18/h8H,2-7H2,1H3,(H,14,19). The predicted octanol–water partition coefficient (Wildman–Crippen LogP) is 0.767. The maximum Gasteiger partial charge on any atom is 0.270 e. The Hall–Kier alpha value is -1.12. The fourth-order valence-corrected chi connectivity index (χ4v) is 2.88. The van der Waals surface area contributed by atoms with E-state index in [1.54, 1.807) is 17.9 Å². The molecule has 1 saturated heterocycles. The zero-order chi connectivity index (χ0) is 13.8. The van der Waals surface area contributed by atoms with Crippen LogP contribution in [0.3, 0.4) is 0 Å². The molecule has 0 atom stereocenters. The Morgan fingerprint density at radius 3 is 2.95 bits per heavy atom. The van der Waals surface area contributed by atoms with E-state index in [0.717, 1.165) is 29.5 Å². The van der Waals surface area contributed by atoms with Gasteiger partial charge in [-0.05, 0) is 35.4 Å². The average Bonchev–Trinajstić information content (AvgIpc) is 2.92. The van der Waals surface area contributed by atoms with Crippen LogP contribution in [0.1, 0.15) is 29.8 Å². The molecule has 0 spiro atoms. The van der Waals surface area contributed by atoms with Crippen molar-refractivity contribution in [3.63, 3.8) is 0 Å². The highest BCUT2D eigenvalue weighted by atomic mass is 127. The zero-order valence-corrected chi connectivity index (χ0v) is 13.0. The largest absolute Gasteiger partial charge is 0.351 e. The van der Waals surface area contributed by atoms with Gasteiger partial charge in [0.15, 0.2) is 0 Å². The maximum absolute atomic E-state index is 12.0. The summed E-state index contributed by atoms with van der Waals surface area (Å²) in [6.07, 6.45) is 4.07. The van der Waals surface area contributed by atoms with E-state index in [2.05, 4.69) is 33.0 Å². The van der Waals surface area contributed by atoms with Crippen LogP contribution in [0.2, 0.25) is 0 Å². The Bertz CT molecular complexity index is 467. The molecule has 1 N–H and O–H groups in total. The van der Waals surface area contributed by atoms with Gasteiger partial charge in [-0.1, -0.05) is 0 Å². The molecule has 0 aromatic carbocycles. The zero-order valence-electron chi connectivity index (χ0n) is 10.9. The fourth-order valence-electron chi connectivity index (χ4n) is 2.16. The fraction of sp³-hybridized carbons (Fsp3) is 0.583. The van der Waals surface area contributed by atoms with E-state index < -0.39 is 0 Å². The van der Waals surface area contributed by atoms with Crippen LogP contribution in [-0.2, 0) is 11.8 Å². The smallest absolute Gasteiger partial charge is 0.270 e. The second kappa shape index (κ2) is 6.36. The third kappa shape index (κ3) is 3.46. The number of nitrogens with one attached hydrogen (secondary N) is 1. The Balaban J connectivity index is 1.74. The lowest BCUT2D eigenvalue weighted by Crippen LogP contribution is -2.31. The number of nitrogens with zero attached hydrogens (tertiary/aromatic N) is 3. The van der Waals surface area contributed by atoms with Crippen molar-refractivity contribution < 1.29 is 9.59 Å². The van der Waals surface area contributed by atoms with E-state index in [-0.39, 0.29) is 11.8 Å². The Kier molecular flexibility index (Phi) is 4.78. The van der Waals surface area contributed by atoms with E-state index in [4.69, 9.17) is 0 Å². The van der Waals surface area contributed by atoms with Gasteiger partial charge in [0, 0.05) is 33.1 Å². The molecule has 1 aliphatic heterocycles. The van der Waals surface area contributed by atoms with E-state index >= 15 is 0 Å². The van der Waals surface area contributed by atoms with Gasteiger partial charge >= 0.3 is 0 Å². The second-order valence-corrected chi connectivity index (χ2v) is 5.72. The number of halogens is 1. The average molecular weight is 376 g/mol. The normalized spacial score (nSPS) is 15.1. The minimum Gasteiger partial charge on any atom is -0.351 e. The summed E-state index contributed by atoms with van der Waals surface area (Å²) in [5.41, 5.74) is 0.581. The molecular formula is C12H17IN4O2. The summed E-state index contributed by atoms with van der Waals surface area (Å²) in [6.45, 7) is 2.15. The molecule has 2 rings (SSSR count). The van der Waals surface area contributed by atoms with Crippen LogP contribution in [0, 0.1) is 3.57 Å². The van der Waals surface area contributed by atoms with Gasteiger partial charge in [0.2, 0.25) is 5.91 Å². The number of amides is 2. The van der Waals surface area contributed by atoms with E-state index in [1.807, 2.05) is 4.90 Å². The lowest BCUT2D eigenvalue weighted by atomic mass is 10.3. The number of carbonyl (C=O) groups is 2. The van der Waals surface area contributed by atoms with E-state index in [9.17, 15) is 9.59 Å². The van der Waals surface area contributed by atoms with Crippen molar-refractivity contribution in [3.8, 4) is 0 Å². The molecule has 0 radical (unpaired) electrons. The quantitative estimate of drug-likeness (QED) is 0.610. The molecule has 1 fully saturated rings. The summed E-state index contributed by atoms with van der Waals surface area (Å²) in [6, 6.07) is 0. The minimum atomic E-state index is -0.114. The molecule has 1 aromatic heterocycles. The summed E-state index contributed by atoms with van der Waals surface area (Å²) in [5, 5.41) is 6.90. The lowest BCUT2D eigenvalue weighted by molar-refractivity contribution is -0.127. The molecule has 1 aliphatic rings. The monoisotopic (exact) mass is 376 g/mol. The van der Waals surface area contributed by atoms with Gasteiger partial charge in [0.05, 0.1) is 9.77 Å². The van der Waals surface area contributed by atoms with E-state index in [0.29, 0.717) is 18.7 Å². The number of rotatable bonds is 5. The lowest BCUT2D eigenvalue weighted by Gasteiger charge is -2.15. The van der Waals surface area contributed by atoms with Crippen LogP contribution >= 0.6 is 22.6 Å². The van der Waals surface area contributed by atoms with Gasteiger partial charge in [-0.25, -0.2) is 0 Å². The summed E-state index contributed by atoms with van der Waals surface area (Å²) < 4.78 is 2.41. The number of likely N-dealkylation sites (tertiary alicyclic amines) is 1. The SMILES string of the molecule is Cn1ncc(I)c1C(=O)NCCCN1CCCC1=O. The number of hydrogen-bond donors (Lipinski definition) is 1. The first-order valence-electron chi connectivity index (χ1n) is 6.33. The van der Waals surface area contributed by atoms with Crippen molar-refractivity contribution in [2.45, 2.75) is 19.3 Å². The molecule has 0 aliphatic carbocycles. The molecular weight excluding hydrogens is 359 g/mol. The highest BCUT2D eigenvalue weighted by Crippen LogP contribution is 2.11. The Morgan fingerprint density at radius 1 is 1.58 bits per heavy atom. The minimum absolute atomic E-state index is 0.114. The number of hydrogen-bond acceptors (Lipinski definition) is 3. The molecule has 104 valence electrons. The van der Waals surface area contributed by atoms with E-state index in [1.165, 1.54) is 0 Å². The van der Waals surface area contributed by atoms with Crippen LogP contribution < -0.4 is 5.32 Å². The van der Waals surface area contributed by atoms with Crippen molar-refractivity contribution in [1.29, 1.82) is 0 Å².